The minimum atomic E-state index is -0.127. The smallest absolute Gasteiger partial charge is 0.104 e. The maximum absolute atomic E-state index is 4.66. The van der Waals surface area contributed by atoms with Gasteiger partial charge < -0.3 is 5.32 Å². The molecule has 51 heavy (non-hydrogen) atoms. The maximum Gasteiger partial charge on any atom is 0.104 e. The van der Waals surface area contributed by atoms with E-state index in [0.717, 1.165) is 36.9 Å². The van der Waals surface area contributed by atoms with Crippen LogP contribution in [0.15, 0.2) is 145 Å². The first-order chi connectivity index (χ1) is 25.1. The van der Waals surface area contributed by atoms with Gasteiger partial charge in [-0.2, -0.15) is 0 Å². The van der Waals surface area contributed by atoms with E-state index in [2.05, 4.69) is 152 Å². The Balaban J connectivity index is 1.04. The van der Waals surface area contributed by atoms with Gasteiger partial charge in [-0.3, -0.25) is 5.32 Å². The molecule has 0 amide bonds. The van der Waals surface area contributed by atoms with Crippen LogP contribution in [-0.4, -0.2) is 0 Å². The highest BCUT2D eigenvalue weighted by molar-refractivity contribution is 5.86. The van der Waals surface area contributed by atoms with Crippen LogP contribution < -0.4 is 10.6 Å². The van der Waals surface area contributed by atoms with Crippen LogP contribution in [0.25, 0.3) is 39.1 Å². The quantitative estimate of drug-likeness (QED) is 0.154. The highest BCUT2D eigenvalue weighted by Gasteiger charge is 2.30. The van der Waals surface area contributed by atoms with Crippen LogP contribution >= 0.6 is 0 Å². The van der Waals surface area contributed by atoms with Crippen molar-refractivity contribution in [2.45, 2.75) is 70.5 Å². The number of rotatable bonds is 9. The van der Waals surface area contributed by atoms with E-state index >= 15 is 0 Å². The summed E-state index contributed by atoms with van der Waals surface area (Å²) >= 11 is 0. The zero-order valence-electron chi connectivity index (χ0n) is 29.6. The van der Waals surface area contributed by atoms with Crippen molar-refractivity contribution in [3.05, 3.63) is 184 Å². The Morgan fingerprint density at radius 3 is 2.25 bits per heavy atom. The molecule has 0 aromatic heterocycles. The molecule has 0 heterocycles. The molecule has 0 spiro atoms. The summed E-state index contributed by atoms with van der Waals surface area (Å²) in [7, 11) is 0. The van der Waals surface area contributed by atoms with Crippen molar-refractivity contribution in [3.63, 3.8) is 0 Å². The van der Waals surface area contributed by atoms with E-state index in [1.165, 1.54) is 86.9 Å². The summed E-state index contributed by atoms with van der Waals surface area (Å²) in [6.07, 6.45) is 14.2. The lowest BCUT2D eigenvalue weighted by molar-refractivity contribution is 0.437. The molecular formula is C49H46N2. The summed E-state index contributed by atoms with van der Waals surface area (Å²) in [6, 6.07) is 42.3. The van der Waals surface area contributed by atoms with E-state index in [1.54, 1.807) is 16.7 Å². The standard InChI is InChI=1S/C49H46N2/c1-32(37-17-10-18-38(29-37)36-27-25-35(26-28-36)34-13-4-3-5-14-34)50-49(46-24-11-19-41-30-39-15-7-9-21-44(39)48(41)46)51-33(2)42-22-12-23-45-43-20-8-6-16-40(43)31-47(42)45/h3-5,9-14,17-19,21-29,33,49-51H,1,6-8,15-16,20,30-31H2,2H3. The number of nitrogens with one attached hydrogen (secondary N) is 2. The molecule has 0 bridgehead atoms. The normalized spacial score (nSPS) is 17.0. The first kappa shape index (κ1) is 31.8. The average Bonchev–Trinajstić information content (AvgIpc) is 3.77. The van der Waals surface area contributed by atoms with Crippen molar-refractivity contribution in [1.82, 2.24) is 10.6 Å². The zero-order valence-corrected chi connectivity index (χ0v) is 29.6. The van der Waals surface area contributed by atoms with Gasteiger partial charge in [-0.15, -0.1) is 0 Å². The second-order valence-electron chi connectivity index (χ2n) is 14.8. The van der Waals surface area contributed by atoms with E-state index in [-0.39, 0.29) is 12.2 Å². The first-order valence-corrected chi connectivity index (χ1v) is 18.9. The Hall–Kier alpha value is -5.18. The number of hydrogen-bond acceptors (Lipinski definition) is 2. The molecule has 5 aromatic rings. The van der Waals surface area contributed by atoms with Gasteiger partial charge >= 0.3 is 0 Å². The fourth-order valence-corrected chi connectivity index (χ4v) is 9.09. The van der Waals surface area contributed by atoms with Crippen LogP contribution in [0.4, 0.5) is 0 Å². The molecule has 5 aromatic carbocycles. The topological polar surface area (TPSA) is 24.1 Å². The Labute approximate surface area is 303 Å². The Morgan fingerprint density at radius 2 is 1.39 bits per heavy atom. The maximum atomic E-state index is 4.66. The van der Waals surface area contributed by atoms with Gasteiger partial charge in [0.1, 0.15) is 6.17 Å². The molecule has 9 rings (SSSR count). The number of hydrogen-bond donors (Lipinski definition) is 2. The molecule has 2 N–H and O–H groups in total. The summed E-state index contributed by atoms with van der Waals surface area (Å²) in [5.41, 5.74) is 21.8. The molecule has 0 radical (unpaired) electrons. The third-order valence-electron chi connectivity index (χ3n) is 11.7. The predicted octanol–water partition coefficient (Wildman–Crippen LogP) is 12.2. The monoisotopic (exact) mass is 662 g/mol. The lowest BCUT2D eigenvalue weighted by Gasteiger charge is -2.30. The van der Waals surface area contributed by atoms with Gasteiger partial charge in [0.25, 0.3) is 0 Å². The minimum absolute atomic E-state index is 0.127. The van der Waals surface area contributed by atoms with Crippen molar-refractivity contribution < 1.29 is 0 Å². The summed E-state index contributed by atoms with van der Waals surface area (Å²) in [5.74, 6) is 0. The highest BCUT2D eigenvalue weighted by Crippen LogP contribution is 2.45. The fraction of sp³-hybridized carbons (Fsp3) is 0.224. The van der Waals surface area contributed by atoms with Crippen molar-refractivity contribution in [1.29, 1.82) is 0 Å². The predicted molar refractivity (Wildman–Crippen MR) is 215 cm³/mol. The molecule has 0 saturated carbocycles. The van der Waals surface area contributed by atoms with Gasteiger partial charge in [0.05, 0.1) is 0 Å². The van der Waals surface area contributed by atoms with Crippen molar-refractivity contribution in [2.24, 2.45) is 0 Å². The fourth-order valence-electron chi connectivity index (χ4n) is 9.09. The molecular weight excluding hydrogens is 617 g/mol. The molecule has 2 atom stereocenters. The van der Waals surface area contributed by atoms with Gasteiger partial charge in [0.15, 0.2) is 0 Å². The van der Waals surface area contributed by atoms with Crippen LogP contribution in [0, 0.1) is 0 Å². The van der Waals surface area contributed by atoms with E-state index in [9.17, 15) is 0 Å². The summed E-state index contributed by atoms with van der Waals surface area (Å²) < 4.78 is 0. The molecule has 2 nitrogen and oxygen atoms in total. The first-order valence-electron chi connectivity index (χ1n) is 18.9. The lowest BCUT2D eigenvalue weighted by atomic mass is 9.91. The molecule has 0 saturated heterocycles. The highest BCUT2D eigenvalue weighted by atomic mass is 15.1. The average molecular weight is 663 g/mol. The number of benzene rings is 5. The van der Waals surface area contributed by atoms with Crippen LogP contribution in [-0.2, 0) is 12.8 Å². The van der Waals surface area contributed by atoms with Crippen LogP contribution in [0.1, 0.15) is 96.6 Å². The van der Waals surface area contributed by atoms with E-state index < -0.39 is 0 Å². The second-order valence-corrected chi connectivity index (χ2v) is 14.8. The van der Waals surface area contributed by atoms with Crippen molar-refractivity contribution in [3.8, 4) is 22.3 Å². The largest absolute Gasteiger partial charge is 0.366 e. The lowest BCUT2D eigenvalue weighted by Crippen LogP contribution is -2.36. The summed E-state index contributed by atoms with van der Waals surface area (Å²) in [4.78, 5) is 0. The molecule has 4 aliphatic rings. The van der Waals surface area contributed by atoms with Crippen molar-refractivity contribution >= 4 is 16.8 Å². The second kappa shape index (κ2) is 13.5. The van der Waals surface area contributed by atoms with Crippen molar-refractivity contribution in [2.75, 3.05) is 0 Å². The Kier molecular flexibility index (Phi) is 8.42. The van der Waals surface area contributed by atoms with E-state index in [4.69, 9.17) is 0 Å². The number of fused-ring (bicyclic) bond motifs is 4. The summed E-state index contributed by atoms with van der Waals surface area (Å²) in [5, 5.41) is 8.06. The minimum Gasteiger partial charge on any atom is -0.366 e. The van der Waals surface area contributed by atoms with Crippen LogP contribution in [0.2, 0.25) is 0 Å². The Morgan fingerprint density at radius 1 is 0.667 bits per heavy atom. The van der Waals surface area contributed by atoms with Gasteiger partial charge in [-0.05, 0) is 137 Å². The van der Waals surface area contributed by atoms with Crippen LogP contribution in [0.3, 0.4) is 0 Å². The Bertz CT molecular complexity index is 2230. The molecule has 4 aliphatic carbocycles. The van der Waals surface area contributed by atoms with Gasteiger partial charge in [0.2, 0.25) is 0 Å². The summed E-state index contributed by atoms with van der Waals surface area (Å²) in [6.45, 7) is 7.00. The number of allylic oxidation sites excluding steroid dienone is 6. The molecule has 252 valence electrons. The third kappa shape index (κ3) is 6.02. The van der Waals surface area contributed by atoms with E-state index in [1.807, 2.05) is 0 Å². The third-order valence-corrected chi connectivity index (χ3v) is 11.7. The molecule has 2 unspecified atom stereocenters. The van der Waals surface area contributed by atoms with Gasteiger partial charge in [-0.1, -0.05) is 139 Å². The van der Waals surface area contributed by atoms with Gasteiger partial charge in [0, 0.05) is 11.7 Å². The zero-order chi connectivity index (χ0) is 34.3. The molecule has 2 heteroatoms. The van der Waals surface area contributed by atoms with Crippen LogP contribution in [0.5, 0.6) is 0 Å². The molecule has 0 fully saturated rings. The van der Waals surface area contributed by atoms with E-state index in [0.29, 0.717) is 0 Å². The van der Waals surface area contributed by atoms with Gasteiger partial charge in [-0.25, -0.2) is 0 Å². The SMILES string of the molecule is C=C(NC(NC(C)c1cccc2c1CC1=C2CCCC1)c1cccc2c1C1=C(CCC=C1)C2)c1cccc(-c2ccc(-c3ccccc3)cc2)c1. The molecule has 0 aliphatic heterocycles.